The van der Waals surface area contributed by atoms with Crippen molar-refractivity contribution in [2.75, 3.05) is 32.7 Å². The molecule has 4 heteroatoms. The van der Waals surface area contributed by atoms with Gasteiger partial charge >= 0.3 is 0 Å². The monoisotopic (exact) mass is 444 g/mol. The van der Waals surface area contributed by atoms with Crippen LogP contribution in [0.25, 0.3) is 10.8 Å². The van der Waals surface area contributed by atoms with Crippen LogP contribution in [0.5, 0.6) is 0 Å². The van der Waals surface area contributed by atoms with Crippen molar-refractivity contribution in [3.8, 4) is 0 Å². The van der Waals surface area contributed by atoms with E-state index in [0.717, 1.165) is 52.1 Å². The first-order chi connectivity index (χ1) is 16.1. The van der Waals surface area contributed by atoms with E-state index in [4.69, 9.17) is 0 Å². The van der Waals surface area contributed by atoms with Gasteiger partial charge in [-0.25, -0.2) is 4.39 Å². The van der Waals surface area contributed by atoms with Crippen LogP contribution in [0.3, 0.4) is 0 Å². The Labute approximate surface area is 196 Å². The Morgan fingerprint density at radius 3 is 2.39 bits per heavy atom. The molecule has 2 aliphatic rings. The predicted octanol–water partition coefficient (Wildman–Crippen LogP) is 5.50. The summed E-state index contributed by atoms with van der Waals surface area (Å²) < 4.78 is 13.3. The molecule has 2 fully saturated rings. The Kier molecular flexibility index (Phi) is 6.57. The van der Waals surface area contributed by atoms with Gasteiger partial charge in [0.2, 0.25) is 0 Å². The molecule has 0 bridgehead atoms. The number of halogens is 1. The number of likely N-dealkylation sites (tertiary alicyclic amines) is 2. The van der Waals surface area contributed by atoms with Gasteiger partial charge in [-0.15, -0.1) is 0 Å². The van der Waals surface area contributed by atoms with Crippen molar-refractivity contribution < 1.29 is 9.18 Å². The maximum atomic E-state index is 13.3. The van der Waals surface area contributed by atoms with Crippen LogP contribution in [0.15, 0.2) is 66.7 Å². The normalized spacial score (nSPS) is 22.7. The van der Waals surface area contributed by atoms with Crippen molar-refractivity contribution in [1.82, 2.24) is 9.80 Å². The number of piperidine rings is 1. The number of hydrogen-bond acceptors (Lipinski definition) is 3. The van der Waals surface area contributed by atoms with Crippen LogP contribution in [0, 0.1) is 17.7 Å². The Balaban J connectivity index is 1.21. The Bertz CT molecular complexity index is 1100. The van der Waals surface area contributed by atoms with Crippen molar-refractivity contribution in [2.45, 2.75) is 32.2 Å². The lowest BCUT2D eigenvalue weighted by Gasteiger charge is -2.34. The molecule has 2 aliphatic heterocycles. The standard InChI is InChI=1S/C29H33FN2O/c1-21(33)29-20-32(17-25-7-4-6-24-5-2-3-8-28(24)25)19-26(29)18-31-15-13-23(14-16-31)22-9-11-27(30)12-10-22/h2-12,23,26,29H,13-20H2,1H3/t26?,29-/m0/s1. The summed E-state index contributed by atoms with van der Waals surface area (Å²) in [6.45, 7) is 7.58. The predicted molar refractivity (Wildman–Crippen MR) is 132 cm³/mol. The first-order valence-electron chi connectivity index (χ1n) is 12.2. The molecule has 33 heavy (non-hydrogen) atoms. The number of fused-ring (bicyclic) bond motifs is 1. The van der Waals surface area contributed by atoms with Crippen LogP contribution in [0.4, 0.5) is 4.39 Å². The molecule has 0 radical (unpaired) electrons. The Hall–Kier alpha value is -2.56. The second kappa shape index (κ2) is 9.74. The third-order valence-corrected chi connectivity index (χ3v) is 7.73. The first kappa shape index (κ1) is 22.2. The minimum absolute atomic E-state index is 0.120. The molecule has 3 nitrogen and oxygen atoms in total. The zero-order chi connectivity index (χ0) is 22.8. The highest BCUT2D eigenvalue weighted by atomic mass is 19.1. The van der Waals surface area contributed by atoms with E-state index >= 15 is 0 Å². The molecule has 3 aromatic carbocycles. The number of nitrogens with zero attached hydrogens (tertiary/aromatic N) is 2. The third kappa shape index (κ3) is 5.02. The number of hydrogen-bond donors (Lipinski definition) is 0. The van der Waals surface area contributed by atoms with E-state index in [-0.39, 0.29) is 11.7 Å². The van der Waals surface area contributed by atoms with Crippen LogP contribution in [-0.2, 0) is 11.3 Å². The van der Waals surface area contributed by atoms with Crippen LogP contribution < -0.4 is 0 Å². The summed E-state index contributed by atoms with van der Waals surface area (Å²) in [7, 11) is 0. The molecule has 0 saturated carbocycles. The Morgan fingerprint density at radius 1 is 0.909 bits per heavy atom. The largest absolute Gasteiger partial charge is 0.303 e. The summed E-state index contributed by atoms with van der Waals surface area (Å²) in [5, 5.41) is 2.59. The quantitative estimate of drug-likeness (QED) is 0.502. The fraction of sp³-hybridized carbons (Fsp3) is 0.414. The van der Waals surface area contributed by atoms with E-state index in [0.29, 0.717) is 17.6 Å². The van der Waals surface area contributed by atoms with E-state index < -0.39 is 0 Å². The van der Waals surface area contributed by atoms with Gasteiger partial charge in [0.15, 0.2) is 0 Å². The number of rotatable bonds is 6. The van der Waals surface area contributed by atoms with Gasteiger partial charge in [0.25, 0.3) is 0 Å². The zero-order valence-electron chi connectivity index (χ0n) is 19.4. The number of ketones is 1. The van der Waals surface area contributed by atoms with E-state index in [9.17, 15) is 9.18 Å². The highest BCUT2D eigenvalue weighted by molar-refractivity contribution is 5.85. The van der Waals surface area contributed by atoms with Crippen molar-refractivity contribution in [2.24, 2.45) is 11.8 Å². The number of benzene rings is 3. The molecule has 5 rings (SSSR count). The molecule has 0 aromatic heterocycles. The summed E-state index contributed by atoms with van der Waals surface area (Å²) in [4.78, 5) is 17.5. The average molecular weight is 445 g/mol. The van der Waals surface area contributed by atoms with Crippen LogP contribution in [0.1, 0.15) is 36.8 Å². The lowest BCUT2D eigenvalue weighted by atomic mass is 9.87. The number of carbonyl (C=O) groups excluding carboxylic acids is 1. The lowest BCUT2D eigenvalue weighted by molar-refractivity contribution is -0.121. The van der Waals surface area contributed by atoms with Gasteiger partial charge in [-0.1, -0.05) is 54.6 Å². The SMILES string of the molecule is CC(=O)[C@@H]1CN(Cc2cccc3ccccc23)CC1CN1CCC(c2ccc(F)cc2)CC1. The molecular weight excluding hydrogens is 411 g/mol. The van der Waals surface area contributed by atoms with Gasteiger partial charge in [0.05, 0.1) is 0 Å². The van der Waals surface area contributed by atoms with E-state index in [1.165, 1.54) is 21.9 Å². The maximum absolute atomic E-state index is 13.3. The van der Waals surface area contributed by atoms with Crippen LogP contribution >= 0.6 is 0 Å². The fourth-order valence-electron chi connectivity index (χ4n) is 5.92. The van der Waals surface area contributed by atoms with Gasteiger partial charge in [-0.2, -0.15) is 0 Å². The molecule has 0 spiro atoms. The summed E-state index contributed by atoms with van der Waals surface area (Å²) in [5.41, 5.74) is 2.59. The van der Waals surface area contributed by atoms with Gasteiger partial charge in [0.1, 0.15) is 11.6 Å². The third-order valence-electron chi connectivity index (χ3n) is 7.73. The van der Waals surface area contributed by atoms with Crippen molar-refractivity contribution in [3.05, 3.63) is 83.7 Å². The van der Waals surface area contributed by atoms with Crippen molar-refractivity contribution in [3.63, 3.8) is 0 Å². The lowest BCUT2D eigenvalue weighted by Crippen LogP contribution is -2.39. The van der Waals surface area contributed by atoms with Crippen LogP contribution in [-0.4, -0.2) is 48.3 Å². The smallest absolute Gasteiger partial charge is 0.134 e. The highest BCUT2D eigenvalue weighted by Crippen LogP contribution is 2.32. The van der Waals surface area contributed by atoms with Crippen molar-refractivity contribution in [1.29, 1.82) is 0 Å². The minimum Gasteiger partial charge on any atom is -0.303 e. The molecular formula is C29H33FN2O. The molecule has 2 atom stereocenters. The van der Waals surface area contributed by atoms with Gasteiger partial charge in [-0.05, 0) is 78.7 Å². The van der Waals surface area contributed by atoms with Gasteiger partial charge in [-0.3, -0.25) is 9.69 Å². The van der Waals surface area contributed by atoms with E-state index in [1.807, 2.05) is 12.1 Å². The van der Waals surface area contributed by atoms with Crippen molar-refractivity contribution >= 4 is 16.6 Å². The second-order valence-corrected chi connectivity index (χ2v) is 9.94. The molecule has 172 valence electrons. The number of carbonyl (C=O) groups is 1. The van der Waals surface area contributed by atoms with Gasteiger partial charge < -0.3 is 4.90 Å². The van der Waals surface area contributed by atoms with Gasteiger partial charge in [0, 0.05) is 32.1 Å². The molecule has 0 N–H and O–H groups in total. The highest BCUT2D eigenvalue weighted by Gasteiger charge is 2.37. The zero-order valence-corrected chi connectivity index (χ0v) is 19.4. The maximum Gasteiger partial charge on any atom is 0.134 e. The molecule has 2 saturated heterocycles. The summed E-state index contributed by atoms with van der Waals surface area (Å²) in [6.07, 6.45) is 2.20. The van der Waals surface area contributed by atoms with E-state index in [1.54, 1.807) is 19.1 Å². The van der Waals surface area contributed by atoms with Crippen LogP contribution in [0.2, 0.25) is 0 Å². The molecule has 1 unspecified atom stereocenters. The average Bonchev–Trinajstić information content (AvgIpc) is 3.23. The summed E-state index contributed by atoms with van der Waals surface area (Å²) in [5.74, 6) is 1.17. The molecule has 3 aromatic rings. The molecule has 0 aliphatic carbocycles. The second-order valence-electron chi connectivity index (χ2n) is 9.94. The summed E-state index contributed by atoms with van der Waals surface area (Å²) >= 11 is 0. The molecule has 2 heterocycles. The fourth-order valence-corrected chi connectivity index (χ4v) is 5.92. The topological polar surface area (TPSA) is 23.6 Å². The van der Waals surface area contributed by atoms with E-state index in [2.05, 4.69) is 52.3 Å². The first-order valence-corrected chi connectivity index (χ1v) is 12.2. The summed E-state index contributed by atoms with van der Waals surface area (Å²) in [6, 6.07) is 22.1. The molecule has 0 amide bonds. The minimum atomic E-state index is -0.166. The Morgan fingerprint density at radius 2 is 1.64 bits per heavy atom. The number of Topliss-reactive ketones (excluding diaryl/α,β-unsaturated/α-hetero) is 1.